The Kier molecular flexibility index (Phi) is 3.75. The van der Waals surface area contributed by atoms with Crippen LogP contribution in [0.1, 0.15) is 40.0 Å². The Hall–Kier alpha value is -0.480. The van der Waals surface area contributed by atoms with E-state index in [9.17, 15) is 4.79 Å². The Labute approximate surface area is 103 Å². The van der Waals surface area contributed by atoms with Crippen LogP contribution in [0.25, 0.3) is 0 Å². The Morgan fingerprint density at radius 1 is 1.38 bits per heavy atom. The summed E-state index contributed by atoms with van der Waals surface area (Å²) in [6.45, 7) is 5.68. The highest BCUT2D eigenvalue weighted by Crippen LogP contribution is 2.37. The molecule has 2 rings (SSSR count). The van der Waals surface area contributed by atoms with Gasteiger partial charge in [-0.1, -0.05) is 0 Å². The van der Waals surface area contributed by atoms with E-state index in [4.69, 9.17) is 10.5 Å². The molecule has 0 aromatic rings. The van der Waals surface area contributed by atoms with Crippen LogP contribution in [0.4, 0.5) is 4.79 Å². The Bertz CT molecular complexity index is 278. The van der Waals surface area contributed by atoms with Gasteiger partial charge in [-0.05, 0) is 40.0 Å². The molecule has 0 saturated carbocycles. The van der Waals surface area contributed by atoms with E-state index in [-0.39, 0.29) is 30.6 Å². The van der Waals surface area contributed by atoms with Crippen molar-refractivity contribution in [2.45, 2.75) is 63.8 Å². The number of nitrogens with zero attached hydrogens (tertiary/aromatic N) is 1. The van der Waals surface area contributed by atoms with Crippen molar-refractivity contribution in [2.24, 2.45) is 5.73 Å². The highest BCUT2D eigenvalue weighted by molar-refractivity contribution is 5.85. The molecule has 2 aliphatic rings. The number of carbonyl (C=O) groups excluding carboxylic acids is 1. The van der Waals surface area contributed by atoms with Gasteiger partial charge >= 0.3 is 6.09 Å². The molecule has 0 radical (unpaired) electrons. The number of fused-ring (bicyclic) bond motifs is 2. The van der Waals surface area contributed by atoms with Crippen molar-refractivity contribution in [3.05, 3.63) is 0 Å². The number of hydrogen-bond acceptors (Lipinski definition) is 3. The third kappa shape index (κ3) is 2.43. The molecule has 3 atom stereocenters. The van der Waals surface area contributed by atoms with Gasteiger partial charge in [0, 0.05) is 12.1 Å². The van der Waals surface area contributed by atoms with Crippen LogP contribution < -0.4 is 5.73 Å². The second-order valence-corrected chi connectivity index (χ2v) is 5.59. The second kappa shape index (κ2) is 4.41. The fourth-order valence-electron chi connectivity index (χ4n) is 2.63. The molecule has 2 fully saturated rings. The summed E-state index contributed by atoms with van der Waals surface area (Å²) in [5.74, 6) is 0. The van der Waals surface area contributed by atoms with Crippen molar-refractivity contribution in [1.29, 1.82) is 0 Å². The maximum atomic E-state index is 11.9. The zero-order valence-electron chi connectivity index (χ0n) is 10.1. The number of halogens is 1. The zero-order valence-corrected chi connectivity index (χ0v) is 10.9. The lowest BCUT2D eigenvalue weighted by molar-refractivity contribution is 0.0213. The van der Waals surface area contributed by atoms with E-state index < -0.39 is 5.60 Å². The summed E-state index contributed by atoms with van der Waals surface area (Å²) in [5.41, 5.74) is 5.55. The minimum Gasteiger partial charge on any atom is -0.444 e. The van der Waals surface area contributed by atoms with Gasteiger partial charge in [0.2, 0.25) is 0 Å². The molecule has 0 unspecified atom stereocenters. The number of nitrogens with two attached hydrogens (primary N) is 1. The Morgan fingerprint density at radius 3 is 2.38 bits per heavy atom. The maximum Gasteiger partial charge on any atom is 0.410 e. The van der Waals surface area contributed by atoms with Crippen LogP contribution in [-0.2, 0) is 4.74 Å². The minimum atomic E-state index is -0.413. The molecular formula is C11H21ClN2O2. The van der Waals surface area contributed by atoms with Crippen molar-refractivity contribution in [3.63, 3.8) is 0 Å². The molecule has 16 heavy (non-hydrogen) atoms. The summed E-state index contributed by atoms with van der Waals surface area (Å²) in [7, 11) is 0. The first-order chi connectivity index (χ1) is 6.88. The van der Waals surface area contributed by atoms with Crippen molar-refractivity contribution in [1.82, 2.24) is 4.90 Å². The van der Waals surface area contributed by atoms with Gasteiger partial charge in [0.1, 0.15) is 5.60 Å². The van der Waals surface area contributed by atoms with Crippen molar-refractivity contribution >= 4 is 18.5 Å². The van der Waals surface area contributed by atoms with Crippen LogP contribution in [0.5, 0.6) is 0 Å². The fourth-order valence-corrected chi connectivity index (χ4v) is 2.63. The largest absolute Gasteiger partial charge is 0.444 e. The van der Waals surface area contributed by atoms with Gasteiger partial charge in [0.25, 0.3) is 0 Å². The van der Waals surface area contributed by atoms with Gasteiger partial charge in [-0.25, -0.2) is 4.79 Å². The Balaban J connectivity index is 0.00000128. The summed E-state index contributed by atoms with van der Waals surface area (Å²) in [4.78, 5) is 13.8. The van der Waals surface area contributed by atoms with Crippen molar-refractivity contribution in [2.75, 3.05) is 0 Å². The number of ether oxygens (including phenoxy) is 1. The van der Waals surface area contributed by atoms with Crippen LogP contribution in [0.3, 0.4) is 0 Å². The van der Waals surface area contributed by atoms with Crippen LogP contribution in [0, 0.1) is 0 Å². The van der Waals surface area contributed by atoms with Gasteiger partial charge in [-0.2, -0.15) is 0 Å². The summed E-state index contributed by atoms with van der Waals surface area (Å²) in [6, 6.07) is 0.681. The SMILES string of the molecule is CC(C)(C)OC(=O)N1[C@H]2CC[C@@H]1[C@H](N)C2.Cl. The molecule has 2 heterocycles. The quantitative estimate of drug-likeness (QED) is 0.713. The van der Waals surface area contributed by atoms with E-state index in [1.54, 1.807) is 0 Å². The van der Waals surface area contributed by atoms with Crippen LogP contribution >= 0.6 is 12.4 Å². The minimum absolute atomic E-state index is 0. The van der Waals surface area contributed by atoms with Gasteiger partial charge in [0.15, 0.2) is 0 Å². The highest BCUT2D eigenvalue weighted by Gasteiger charge is 2.48. The van der Waals surface area contributed by atoms with E-state index >= 15 is 0 Å². The maximum absolute atomic E-state index is 11.9. The highest BCUT2D eigenvalue weighted by atomic mass is 35.5. The molecule has 2 saturated heterocycles. The van der Waals surface area contributed by atoms with Gasteiger partial charge < -0.3 is 15.4 Å². The lowest BCUT2D eigenvalue weighted by Crippen LogP contribution is -2.43. The molecule has 0 aromatic carbocycles. The molecule has 0 aliphatic carbocycles. The van der Waals surface area contributed by atoms with E-state index in [0.717, 1.165) is 19.3 Å². The molecule has 2 aliphatic heterocycles. The predicted molar refractivity (Wildman–Crippen MR) is 64.7 cm³/mol. The van der Waals surface area contributed by atoms with E-state index in [0.29, 0.717) is 6.04 Å². The third-order valence-corrected chi connectivity index (χ3v) is 3.19. The third-order valence-electron chi connectivity index (χ3n) is 3.19. The van der Waals surface area contributed by atoms with Gasteiger partial charge in [-0.3, -0.25) is 0 Å². The lowest BCUT2D eigenvalue weighted by Gasteiger charge is -2.27. The van der Waals surface area contributed by atoms with Crippen molar-refractivity contribution < 1.29 is 9.53 Å². The first-order valence-electron chi connectivity index (χ1n) is 5.65. The van der Waals surface area contributed by atoms with E-state index in [1.165, 1.54) is 0 Å². The number of carbonyl (C=O) groups is 1. The summed E-state index contributed by atoms with van der Waals surface area (Å²) < 4.78 is 5.38. The van der Waals surface area contributed by atoms with Crippen LogP contribution in [-0.4, -0.2) is 34.7 Å². The average molecular weight is 249 g/mol. The molecule has 0 aromatic heterocycles. The Morgan fingerprint density at radius 2 is 2.00 bits per heavy atom. The van der Waals surface area contributed by atoms with Crippen molar-refractivity contribution in [3.8, 4) is 0 Å². The number of rotatable bonds is 0. The summed E-state index contributed by atoms with van der Waals surface area (Å²) in [6.07, 6.45) is 2.86. The second-order valence-electron chi connectivity index (χ2n) is 5.59. The molecule has 4 nitrogen and oxygen atoms in total. The average Bonchev–Trinajstić information content (AvgIpc) is 2.55. The molecular weight excluding hydrogens is 228 g/mol. The van der Waals surface area contributed by atoms with E-state index in [1.807, 2.05) is 25.7 Å². The fraction of sp³-hybridized carbons (Fsp3) is 0.909. The summed E-state index contributed by atoms with van der Waals surface area (Å²) >= 11 is 0. The van der Waals surface area contributed by atoms with Crippen LogP contribution in [0.15, 0.2) is 0 Å². The standard InChI is InChI=1S/C11H20N2O2.ClH/c1-11(2,3)15-10(14)13-7-4-5-9(13)8(12)6-7;/h7-9H,4-6,12H2,1-3H3;1H/t7-,8+,9+;/m0./s1. The van der Waals surface area contributed by atoms with Gasteiger partial charge in [-0.15, -0.1) is 12.4 Å². The molecule has 1 amide bonds. The molecule has 5 heteroatoms. The molecule has 94 valence electrons. The normalized spacial score (nSPS) is 32.5. The topological polar surface area (TPSA) is 55.6 Å². The summed E-state index contributed by atoms with van der Waals surface area (Å²) in [5, 5.41) is 0. The molecule has 2 bridgehead atoms. The molecule has 0 spiro atoms. The number of hydrogen-bond donors (Lipinski definition) is 1. The number of amides is 1. The first kappa shape index (κ1) is 13.6. The molecule has 2 N–H and O–H groups in total. The monoisotopic (exact) mass is 248 g/mol. The smallest absolute Gasteiger partial charge is 0.410 e. The van der Waals surface area contributed by atoms with Crippen LogP contribution in [0.2, 0.25) is 0 Å². The predicted octanol–water partition coefficient (Wildman–Crippen LogP) is 1.91. The zero-order chi connectivity index (χ0) is 11.2. The first-order valence-corrected chi connectivity index (χ1v) is 5.65. The van der Waals surface area contributed by atoms with E-state index in [2.05, 4.69) is 0 Å². The van der Waals surface area contributed by atoms with Gasteiger partial charge in [0.05, 0.1) is 6.04 Å². The lowest BCUT2D eigenvalue weighted by atomic mass is 9.97.